The van der Waals surface area contributed by atoms with Crippen molar-refractivity contribution in [1.29, 1.82) is 0 Å². The van der Waals surface area contributed by atoms with Gasteiger partial charge < -0.3 is 40.2 Å². The van der Waals surface area contributed by atoms with E-state index in [4.69, 9.17) is 9.47 Å². The minimum absolute atomic E-state index is 0.150. The Morgan fingerprint density at radius 3 is 1.83 bits per heavy atom. The number of hydrogen-bond acceptors (Lipinski definition) is 8. The molecule has 14 nitrogen and oxygen atoms in total. The molecule has 0 saturated carbocycles. The highest BCUT2D eigenvalue weighted by molar-refractivity contribution is 5.98. The van der Waals surface area contributed by atoms with Crippen molar-refractivity contribution in [1.82, 2.24) is 30.4 Å². The van der Waals surface area contributed by atoms with Crippen LogP contribution in [0.25, 0.3) is 0 Å². The van der Waals surface area contributed by atoms with Crippen LogP contribution in [0, 0.1) is 23.7 Å². The van der Waals surface area contributed by atoms with Gasteiger partial charge in [0, 0.05) is 24.3 Å². The smallest absolute Gasteiger partial charge is 0.408 e. The van der Waals surface area contributed by atoms with E-state index in [1.54, 1.807) is 81.8 Å². The number of benzene rings is 1. The maximum Gasteiger partial charge on any atom is 0.408 e. The summed E-state index contributed by atoms with van der Waals surface area (Å²) in [5.74, 6) is 5.66. The average molecular weight is 748 g/mol. The molecule has 0 radical (unpaired) electrons. The number of imidazole rings is 1. The number of ether oxygens (including phenoxy) is 2. The summed E-state index contributed by atoms with van der Waals surface area (Å²) < 4.78 is 10.8. The number of rotatable bonds is 9. The van der Waals surface area contributed by atoms with E-state index < -0.39 is 41.5 Å². The number of carbonyl (C=O) groups excluding carboxylic acids is 5. The molecule has 3 heterocycles. The molecular formula is C40H57N7O7. The van der Waals surface area contributed by atoms with E-state index in [0.29, 0.717) is 48.7 Å². The van der Waals surface area contributed by atoms with Crippen molar-refractivity contribution in [2.75, 3.05) is 18.4 Å². The molecule has 14 heteroatoms. The van der Waals surface area contributed by atoms with E-state index in [1.807, 2.05) is 27.7 Å². The lowest BCUT2D eigenvalue weighted by Gasteiger charge is -2.31. The Balaban J connectivity index is 1.36. The molecule has 4 N–H and O–H groups in total. The van der Waals surface area contributed by atoms with Crippen molar-refractivity contribution >= 4 is 35.6 Å². The lowest BCUT2D eigenvalue weighted by atomic mass is 10.0. The highest BCUT2D eigenvalue weighted by Crippen LogP contribution is 2.31. The second kappa shape index (κ2) is 17.4. The van der Waals surface area contributed by atoms with Crippen LogP contribution in [-0.2, 0) is 23.9 Å². The summed E-state index contributed by atoms with van der Waals surface area (Å²) >= 11 is 0. The number of aromatic nitrogens is 2. The lowest BCUT2D eigenvalue weighted by molar-refractivity contribution is -0.139. The number of anilines is 1. The van der Waals surface area contributed by atoms with Crippen molar-refractivity contribution in [3.63, 3.8) is 0 Å². The predicted octanol–water partition coefficient (Wildman–Crippen LogP) is 5.50. The SMILES string of the molecule is CC(C)C(NC(=O)OC(C)(C)C)C(=O)N1CCCC1C(=O)Nc1ccc(C#Cc2cnc(C3CCCN3C(=O)C(NC(=O)OC(C)(C)C)C(C)C)[nH]2)cc1. The molecule has 0 bridgehead atoms. The zero-order valence-electron chi connectivity index (χ0n) is 33.3. The summed E-state index contributed by atoms with van der Waals surface area (Å²) in [4.78, 5) is 76.6. The molecule has 294 valence electrons. The standard InChI is InChI=1S/C40H57N7O7/c1-24(2)31(44-37(51)53-39(5,6)7)35(49)46-21-11-13-29(46)33-41-23-28(42-33)20-17-26-15-18-27(19-16-26)43-34(48)30-14-12-22-47(30)36(50)32(25(3)4)45-38(52)54-40(8,9)10/h15-16,18-19,23-25,29-32H,11-14,21-22H2,1-10H3,(H,41,42)(H,43,48)(H,44,51)(H,45,52). The first-order valence-corrected chi connectivity index (χ1v) is 18.8. The number of hydrogen-bond donors (Lipinski definition) is 4. The molecule has 4 unspecified atom stereocenters. The number of carbonyl (C=O) groups is 5. The second-order valence-corrected chi connectivity index (χ2v) is 16.6. The quantitative estimate of drug-likeness (QED) is 0.243. The Bertz CT molecular complexity index is 1730. The van der Waals surface area contributed by atoms with Gasteiger partial charge in [-0.2, -0.15) is 0 Å². The van der Waals surface area contributed by atoms with Crippen LogP contribution in [0.5, 0.6) is 0 Å². The molecule has 4 atom stereocenters. The molecule has 2 fully saturated rings. The van der Waals surface area contributed by atoms with E-state index >= 15 is 0 Å². The van der Waals surface area contributed by atoms with E-state index in [2.05, 4.69) is 37.8 Å². The highest BCUT2D eigenvalue weighted by atomic mass is 16.6. The number of alkyl carbamates (subject to hydrolysis) is 2. The van der Waals surface area contributed by atoms with Crippen LogP contribution in [0.1, 0.15) is 118 Å². The third-order valence-corrected chi connectivity index (χ3v) is 8.99. The van der Waals surface area contributed by atoms with Crippen LogP contribution in [-0.4, -0.2) is 92.1 Å². The van der Waals surface area contributed by atoms with E-state index in [-0.39, 0.29) is 35.6 Å². The van der Waals surface area contributed by atoms with Gasteiger partial charge in [0.2, 0.25) is 17.7 Å². The van der Waals surface area contributed by atoms with Gasteiger partial charge in [-0.15, -0.1) is 0 Å². The maximum absolute atomic E-state index is 13.7. The number of H-pyrrole nitrogens is 1. The monoisotopic (exact) mass is 747 g/mol. The van der Waals surface area contributed by atoms with Gasteiger partial charge in [0.15, 0.2) is 0 Å². The Hall–Kier alpha value is -5.06. The molecule has 1 aromatic carbocycles. The number of amides is 5. The van der Waals surface area contributed by atoms with Crippen molar-refractivity contribution in [2.24, 2.45) is 11.8 Å². The van der Waals surface area contributed by atoms with E-state index in [9.17, 15) is 24.0 Å². The normalized spacial score (nSPS) is 18.4. The van der Waals surface area contributed by atoms with Crippen molar-refractivity contribution in [2.45, 2.75) is 130 Å². The van der Waals surface area contributed by atoms with Gasteiger partial charge in [-0.05, 0) is 109 Å². The van der Waals surface area contributed by atoms with Gasteiger partial charge in [0.1, 0.15) is 40.8 Å². The van der Waals surface area contributed by atoms with Gasteiger partial charge in [0.25, 0.3) is 0 Å². The van der Waals surface area contributed by atoms with Crippen molar-refractivity contribution < 1.29 is 33.4 Å². The van der Waals surface area contributed by atoms with Crippen molar-refractivity contribution in [3.05, 3.63) is 47.5 Å². The third-order valence-electron chi connectivity index (χ3n) is 8.99. The summed E-state index contributed by atoms with van der Waals surface area (Å²) in [6, 6.07) is 4.56. The molecule has 2 aromatic rings. The molecule has 4 rings (SSSR count). The third kappa shape index (κ3) is 11.5. The van der Waals surface area contributed by atoms with Crippen LogP contribution in [0.15, 0.2) is 30.5 Å². The highest BCUT2D eigenvalue weighted by Gasteiger charge is 2.40. The molecule has 0 spiro atoms. The molecule has 54 heavy (non-hydrogen) atoms. The van der Waals surface area contributed by atoms with Crippen LogP contribution >= 0.6 is 0 Å². The fraction of sp³-hybridized carbons (Fsp3) is 0.600. The number of aromatic amines is 1. The summed E-state index contributed by atoms with van der Waals surface area (Å²) in [6.45, 7) is 19.0. The van der Waals surface area contributed by atoms with E-state index in [1.165, 1.54) is 0 Å². The fourth-order valence-electron chi connectivity index (χ4n) is 6.44. The minimum atomic E-state index is -0.831. The largest absolute Gasteiger partial charge is 0.444 e. The zero-order valence-corrected chi connectivity index (χ0v) is 33.3. The molecule has 2 aliphatic heterocycles. The van der Waals surface area contributed by atoms with E-state index in [0.717, 1.165) is 12.8 Å². The maximum atomic E-state index is 13.7. The first-order chi connectivity index (χ1) is 25.2. The summed E-state index contributed by atoms with van der Waals surface area (Å²) in [5, 5.41) is 8.37. The van der Waals surface area contributed by atoms with Gasteiger partial charge in [0.05, 0.1) is 12.2 Å². The number of nitrogens with one attached hydrogen (secondary N) is 4. The lowest BCUT2D eigenvalue weighted by Crippen LogP contribution is -2.55. The molecule has 2 saturated heterocycles. The fourth-order valence-corrected chi connectivity index (χ4v) is 6.44. The first-order valence-electron chi connectivity index (χ1n) is 18.8. The molecule has 0 aliphatic carbocycles. The van der Waals surface area contributed by atoms with Gasteiger partial charge in [-0.25, -0.2) is 14.6 Å². The Kier molecular flexibility index (Phi) is 13.4. The second-order valence-electron chi connectivity index (χ2n) is 16.6. The average Bonchev–Trinajstić information content (AvgIpc) is 3.84. The van der Waals surface area contributed by atoms with Crippen LogP contribution in [0.2, 0.25) is 0 Å². The summed E-state index contributed by atoms with van der Waals surface area (Å²) in [7, 11) is 0. The van der Waals surface area contributed by atoms with Gasteiger partial charge in [-0.3, -0.25) is 14.4 Å². The predicted molar refractivity (Wildman–Crippen MR) is 204 cm³/mol. The molecule has 2 aliphatic rings. The molecule has 1 aromatic heterocycles. The Labute approximate surface area is 318 Å². The molecular weight excluding hydrogens is 690 g/mol. The summed E-state index contributed by atoms with van der Waals surface area (Å²) in [6.07, 6.45) is 3.04. The first kappa shape index (κ1) is 41.7. The minimum Gasteiger partial charge on any atom is -0.444 e. The van der Waals surface area contributed by atoms with Crippen LogP contribution in [0.3, 0.4) is 0 Å². The van der Waals surface area contributed by atoms with Gasteiger partial charge in [-0.1, -0.05) is 33.6 Å². The molecule has 5 amide bonds. The summed E-state index contributed by atoms with van der Waals surface area (Å²) in [5.41, 5.74) is 0.463. The zero-order chi connectivity index (χ0) is 40.0. The van der Waals surface area contributed by atoms with Crippen molar-refractivity contribution in [3.8, 4) is 11.8 Å². The van der Waals surface area contributed by atoms with Gasteiger partial charge >= 0.3 is 12.2 Å². The van der Waals surface area contributed by atoms with Crippen LogP contribution < -0.4 is 16.0 Å². The van der Waals surface area contributed by atoms with Crippen LogP contribution in [0.4, 0.5) is 15.3 Å². The Morgan fingerprint density at radius 2 is 1.30 bits per heavy atom. The number of nitrogens with zero attached hydrogens (tertiary/aromatic N) is 3. The Morgan fingerprint density at radius 1 is 0.778 bits per heavy atom. The number of likely N-dealkylation sites (tertiary alicyclic amines) is 2. The topological polar surface area (TPSA) is 175 Å².